The normalized spacial score (nSPS) is 11.5. The predicted molar refractivity (Wildman–Crippen MR) is 122 cm³/mol. The Morgan fingerprint density at radius 1 is 1.03 bits per heavy atom. The molecule has 0 heterocycles. The highest BCUT2D eigenvalue weighted by Gasteiger charge is 2.25. The van der Waals surface area contributed by atoms with Crippen LogP contribution in [0.3, 0.4) is 0 Å². The lowest BCUT2D eigenvalue weighted by Crippen LogP contribution is -2.49. The van der Waals surface area contributed by atoms with Crippen molar-refractivity contribution < 1.29 is 19.1 Å². The molecule has 31 heavy (non-hydrogen) atoms. The van der Waals surface area contributed by atoms with Crippen LogP contribution in [0.4, 0.5) is 0 Å². The van der Waals surface area contributed by atoms with E-state index in [1.165, 1.54) is 0 Å². The van der Waals surface area contributed by atoms with E-state index in [9.17, 15) is 9.59 Å². The van der Waals surface area contributed by atoms with Crippen LogP contribution in [0.5, 0.6) is 11.5 Å². The Labute approximate surface area is 185 Å². The summed E-state index contributed by atoms with van der Waals surface area (Å²) in [6, 6.07) is 16.8. The molecule has 168 valence electrons. The summed E-state index contributed by atoms with van der Waals surface area (Å²) in [5.41, 5.74) is 1.14. The van der Waals surface area contributed by atoms with Gasteiger partial charge in [-0.3, -0.25) is 9.59 Å². The number of nitrogens with zero attached hydrogens (tertiary/aromatic N) is 1. The van der Waals surface area contributed by atoms with E-state index in [1.54, 1.807) is 18.9 Å². The van der Waals surface area contributed by atoms with Gasteiger partial charge in [-0.2, -0.15) is 0 Å². The minimum Gasteiger partial charge on any atom is -0.497 e. The standard InChI is InChI=1S/C25H34N2O4/c1-4-17-26-25(29)20(2)27(18-16-21-9-6-5-7-10-21)24(28)11-8-19-31-23-14-12-22(30-3)13-15-23/h5-7,9-10,12-15,20H,4,8,11,16-19H2,1-3H3,(H,26,29)/t20-/m1/s1. The van der Waals surface area contributed by atoms with E-state index in [1.807, 2.05) is 61.5 Å². The molecule has 0 aliphatic rings. The number of benzene rings is 2. The van der Waals surface area contributed by atoms with Gasteiger partial charge in [0, 0.05) is 19.5 Å². The Morgan fingerprint density at radius 3 is 2.35 bits per heavy atom. The lowest BCUT2D eigenvalue weighted by molar-refractivity contribution is -0.140. The second kappa shape index (κ2) is 13.3. The highest BCUT2D eigenvalue weighted by Crippen LogP contribution is 2.17. The molecule has 6 nitrogen and oxygen atoms in total. The second-order valence-electron chi connectivity index (χ2n) is 7.42. The molecule has 0 fully saturated rings. The molecule has 0 aromatic heterocycles. The van der Waals surface area contributed by atoms with Gasteiger partial charge in [-0.25, -0.2) is 0 Å². The van der Waals surface area contributed by atoms with Crippen molar-refractivity contribution in [3.05, 3.63) is 60.2 Å². The zero-order chi connectivity index (χ0) is 22.5. The third kappa shape index (κ3) is 8.32. The van der Waals surface area contributed by atoms with Crippen LogP contribution in [0.25, 0.3) is 0 Å². The topological polar surface area (TPSA) is 67.9 Å². The number of methoxy groups -OCH3 is 1. The molecular weight excluding hydrogens is 392 g/mol. The summed E-state index contributed by atoms with van der Waals surface area (Å²) in [6.07, 6.45) is 2.48. The van der Waals surface area contributed by atoms with Crippen molar-refractivity contribution >= 4 is 11.8 Å². The van der Waals surface area contributed by atoms with Crippen molar-refractivity contribution in [3.63, 3.8) is 0 Å². The smallest absolute Gasteiger partial charge is 0.242 e. The first-order valence-corrected chi connectivity index (χ1v) is 10.9. The molecule has 1 N–H and O–H groups in total. The van der Waals surface area contributed by atoms with Crippen LogP contribution in [0.15, 0.2) is 54.6 Å². The van der Waals surface area contributed by atoms with E-state index < -0.39 is 6.04 Å². The average Bonchev–Trinajstić information content (AvgIpc) is 2.81. The number of hydrogen-bond acceptors (Lipinski definition) is 4. The molecule has 6 heteroatoms. The van der Waals surface area contributed by atoms with Crippen molar-refractivity contribution in [2.75, 3.05) is 26.8 Å². The summed E-state index contributed by atoms with van der Waals surface area (Å²) in [6.45, 7) is 5.34. The first kappa shape index (κ1) is 24.3. The maximum atomic E-state index is 13.0. The predicted octanol–water partition coefficient (Wildman–Crippen LogP) is 3.84. The quantitative estimate of drug-likeness (QED) is 0.494. The van der Waals surface area contributed by atoms with Gasteiger partial charge in [0.25, 0.3) is 0 Å². The Balaban J connectivity index is 1.89. The Bertz CT molecular complexity index is 793. The molecule has 0 aliphatic heterocycles. The Hall–Kier alpha value is -3.02. The highest BCUT2D eigenvalue weighted by molar-refractivity contribution is 5.87. The molecule has 0 spiro atoms. The molecule has 1 atom stereocenters. The first-order valence-electron chi connectivity index (χ1n) is 10.9. The Morgan fingerprint density at radius 2 is 1.71 bits per heavy atom. The number of amides is 2. The number of ether oxygens (including phenoxy) is 2. The lowest BCUT2D eigenvalue weighted by atomic mass is 10.1. The average molecular weight is 427 g/mol. The van der Waals surface area contributed by atoms with Gasteiger partial charge in [0.15, 0.2) is 0 Å². The van der Waals surface area contributed by atoms with E-state index in [2.05, 4.69) is 5.32 Å². The fourth-order valence-corrected chi connectivity index (χ4v) is 3.19. The van der Waals surface area contributed by atoms with Gasteiger partial charge in [-0.1, -0.05) is 37.3 Å². The fraction of sp³-hybridized carbons (Fsp3) is 0.440. The zero-order valence-corrected chi connectivity index (χ0v) is 18.8. The van der Waals surface area contributed by atoms with Crippen LogP contribution in [-0.2, 0) is 16.0 Å². The minimum atomic E-state index is -0.509. The third-order valence-corrected chi connectivity index (χ3v) is 5.06. The zero-order valence-electron chi connectivity index (χ0n) is 18.8. The van der Waals surface area contributed by atoms with Crippen LogP contribution >= 0.6 is 0 Å². The van der Waals surface area contributed by atoms with Crippen LogP contribution in [0.1, 0.15) is 38.7 Å². The van der Waals surface area contributed by atoms with Crippen molar-refractivity contribution in [2.24, 2.45) is 0 Å². The first-order chi connectivity index (χ1) is 15.0. The number of nitrogens with one attached hydrogen (secondary N) is 1. The van der Waals surface area contributed by atoms with Gasteiger partial charge in [-0.05, 0) is 56.0 Å². The van der Waals surface area contributed by atoms with E-state index in [-0.39, 0.29) is 11.8 Å². The van der Waals surface area contributed by atoms with Crippen molar-refractivity contribution in [3.8, 4) is 11.5 Å². The molecule has 0 saturated heterocycles. The third-order valence-electron chi connectivity index (χ3n) is 5.06. The van der Waals surface area contributed by atoms with Crippen LogP contribution in [0, 0.1) is 0 Å². The lowest BCUT2D eigenvalue weighted by Gasteiger charge is -2.29. The van der Waals surface area contributed by atoms with Gasteiger partial charge in [0.2, 0.25) is 11.8 Å². The van der Waals surface area contributed by atoms with Crippen LogP contribution in [-0.4, -0.2) is 49.6 Å². The van der Waals surface area contributed by atoms with Crippen molar-refractivity contribution in [1.29, 1.82) is 0 Å². The summed E-state index contributed by atoms with van der Waals surface area (Å²) < 4.78 is 10.9. The summed E-state index contributed by atoms with van der Waals surface area (Å²) in [5.74, 6) is 1.36. The molecule has 0 unspecified atom stereocenters. The van der Waals surface area contributed by atoms with Crippen LogP contribution < -0.4 is 14.8 Å². The van der Waals surface area contributed by atoms with Gasteiger partial charge in [0.1, 0.15) is 17.5 Å². The molecule has 0 bridgehead atoms. The van der Waals surface area contributed by atoms with E-state index in [4.69, 9.17) is 9.47 Å². The maximum Gasteiger partial charge on any atom is 0.242 e. The number of hydrogen-bond donors (Lipinski definition) is 1. The summed E-state index contributed by atoms with van der Waals surface area (Å²) in [5, 5.41) is 2.90. The second-order valence-corrected chi connectivity index (χ2v) is 7.42. The molecule has 2 amide bonds. The SMILES string of the molecule is CCCNC(=O)[C@@H](C)N(CCc1ccccc1)C(=O)CCCOc1ccc(OC)cc1. The largest absolute Gasteiger partial charge is 0.497 e. The van der Waals surface area contributed by atoms with Crippen molar-refractivity contribution in [2.45, 2.75) is 45.6 Å². The Kier molecular flexibility index (Phi) is 10.4. The fourth-order valence-electron chi connectivity index (χ4n) is 3.19. The van der Waals surface area contributed by atoms with E-state index in [0.717, 1.165) is 23.5 Å². The summed E-state index contributed by atoms with van der Waals surface area (Å²) in [7, 11) is 1.62. The maximum absolute atomic E-state index is 13.0. The number of carbonyl (C=O) groups excluding carboxylic acids is 2. The molecule has 0 radical (unpaired) electrons. The molecule has 2 aromatic rings. The summed E-state index contributed by atoms with van der Waals surface area (Å²) >= 11 is 0. The minimum absolute atomic E-state index is 0.0339. The van der Waals surface area contributed by atoms with Crippen molar-refractivity contribution in [1.82, 2.24) is 10.2 Å². The molecule has 2 aromatic carbocycles. The van der Waals surface area contributed by atoms with Gasteiger partial charge >= 0.3 is 0 Å². The van der Waals surface area contributed by atoms with E-state index >= 15 is 0 Å². The monoisotopic (exact) mass is 426 g/mol. The molecule has 0 aliphatic carbocycles. The highest BCUT2D eigenvalue weighted by atomic mass is 16.5. The van der Waals surface area contributed by atoms with Gasteiger partial charge < -0.3 is 19.7 Å². The molecule has 2 rings (SSSR count). The number of carbonyl (C=O) groups is 2. The van der Waals surface area contributed by atoms with E-state index in [0.29, 0.717) is 39.0 Å². The summed E-state index contributed by atoms with van der Waals surface area (Å²) in [4.78, 5) is 27.1. The number of rotatable bonds is 13. The molecule has 0 saturated carbocycles. The van der Waals surface area contributed by atoms with Gasteiger partial charge in [-0.15, -0.1) is 0 Å². The molecular formula is C25H34N2O4. The van der Waals surface area contributed by atoms with Crippen LogP contribution in [0.2, 0.25) is 0 Å². The van der Waals surface area contributed by atoms with Gasteiger partial charge in [0.05, 0.1) is 13.7 Å².